The summed E-state index contributed by atoms with van der Waals surface area (Å²) in [6, 6.07) is 16.8. The Morgan fingerprint density at radius 2 is 1.68 bits per heavy atom. The van der Waals surface area contributed by atoms with Gasteiger partial charge in [0, 0.05) is 45.7 Å². The van der Waals surface area contributed by atoms with Gasteiger partial charge in [0.2, 0.25) is 0 Å². The molecule has 1 fully saturated rings. The van der Waals surface area contributed by atoms with E-state index in [9.17, 15) is 0 Å². The van der Waals surface area contributed by atoms with Gasteiger partial charge in [-0.05, 0) is 29.3 Å². The fourth-order valence-corrected chi connectivity index (χ4v) is 3.76. The molecule has 2 aliphatic rings. The second-order valence-corrected chi connectivity index (χ2v) is 6.98. The van der Waals surface area contributed by atoms with Crippen LogP contribution < -0.4 is 9.47 Å². The van der Waals surface area contributed by atoms with Gasteiger partial charge in [0.15, 0.2) is 0 Å². The summed E-state index contributed by atoms with van der Waals surface area (Å²) in [7, 11) is 1.71. The fourth-order valence-electron chi connectivity index (χ4n) is 3.76. The number of ether oxygens (including phenoxy) is 2. The average Bonchev–Trinajstić information content (AvgIpc) is 3.06. The Bertz CT molecular complexity index is 668. The largest absolute Gasteiger partial charge is 0.497 e. The van der Waals surface area contributed by atoms with Gasteiger partial charge in [-0.25, -0.2) is 0 Å². The summed E-state index contributed by atoms with van der Waals surface area (Å²) in [6.07, 6.45) is 1.35. The second kappa shape index (κ2) is 7.46. The Morgan fingerprint density at radius 1 is 0.960 bits per heavy atom. The molecule has 0 aliphatic carbocycles. The van der Waals surface area contributed by atoms with Crippen LogP contribution >= 0.6 is 0 Å². The quantitative estimate of drug-likeness (QED) is 0.837. The summed E-state index contributed by atoms with van der Waals surface area (Å²) in [4.78, 5) is 5.07. The third kappa shape index (κ3) is 3.97. The van der Waals surface area contributed by atoms with Gasteiger partial charge in [-0.1, -0.05) is 30.3 Å². The van der Waals surface area contributed by atoms with Gasteiger partial charge in [-0.15, -0.1) is 0 Å². The summed E-state index contributed by atoms with van der Waals surface area (Å²) >= 11 is 0. The molecule has 0 aromatic heterocycles. The molecule has 0 bridgehead atoms. The van der Waals surface area contributed by atoms with E-state index in [-0.39, 0.29) is 0 Å². The summed E-state index contributed by atoms with van der Waals surface area (Å²) in [5.74, 6) is 2.00. The smallest absolute Gasteiger partial charge is 0.123 e. The zero-order chi connectivity index (χ0) is 17.1. The van der Waals surface area contributed by atoms with E-state index in [1.54, 1.807) is 7.11 Å². The number of rotatable bonds is 5. The predicted octanol–water partition coefficient (Wildman–Crippen LogP) is 2.82. The van der Waals surface area contributed by atoms with Gasteiger partial charge >= 0.3 is 0 Å². The molecular weight excluding hydrogens is 312 g/mol. The molecule has 0 saturated carbocycles. The van der Waals surface area contributed by atoms with Crippen LogP contribution in [0.25, 0.3) is 0 Å². The van der Waals surface area contributed by atoms with E-state index in [1.807, 2.05) is 12.1 Å². The van der Waals surface area contributed by atoms with Crippen molar-refractivity contribution in [3.8, 4) is 11.5 Å². The molecule has 4 nitrogen and oxygen atoms in total. The standard InChI is InChI=1S/C21H26N2O2/c1-24-19-8-6-17(7-9-19)15-22-10-12-23(13-11-22)16-20-14-18-4-2-3-5-21(18)25-20/h2-9,20H,10-16H2,1H3. The maximum absolute atomic E-state index is 6.09. The minimum atomic E-state index is 0.311. The van der Waals surface area contributed by atoms with Crippen LogP contribution in [0.15, 0.2) is 48.5 Å². The van der Waals surface area contributed by atoms with Crippen LogP contribution in [0.1, 0.15) is 11.1 Å². The van der Waals surface area contributed by atoms with Crippen LogP contribution in [0.3, 0.4) is 0 Å². The maximum atomic E-state index is 6.09. The van der Waals surface area contributed by atoms with E-state index in [2.05, 4.69) is 46.2 Å². The molecule has 4 heteroatoms. The molecule has 2 heterocycles. The van der Waals surface area contributed by atoms with E-state index >= 15 is 0 Å². The number of benzene rings is 2. The van der Waals surface area contributed by atoms with Crippen LogP contribution in [0, 0.1) is 0 Å². The van der Waals surface area contributed by atoms with Crippen molar-refractivity contribution in [2.45, 2.75) is 19.1 Å². The SMILES string of the molecule is COc1ccc(CN2CCN(CC3Cc4ccccc4O3)CC2)cc1. The predicted molar refractivity (Wildman–Crippen MR) is 99.3 cm³/mol. The lowest BCUT2D eigenvalue weighted by Gasteiger charge is -2.35. The van der Waals surface area contributed by atoms with Crippen LogP contribution in [0.4, 0.5) is 0 Å². The number of methoxy groups -OCH3 is 1. The van der Waals surface area contributed by atoms with Crippen LogP contribution in [0.2, 0.25) is 0 Å². The van der Waals surface area contributed by atoms with Gasteiger partial charge in [0.1, 0.15) is 17.6 Å². The molecule has 0 amide bonds. The summed E-state index contributed by atoms with van der Waals surface area (Å²) in [6.45, 7) is 6.52. The molecule has 1 saturated heterocycles. The third-order valence-corrected chi connectivity index (χ3v) is 5.21. The van der Waals surface area contributed by atoms with Crippen LogP contribution in [0.5, 0.6) is 11.5 Å². The number of fused-ring (bicyclic) bond motifs is 1. The maximum Gasteiger partial charge on any atom is 0.123 e. The normalized spacial score (nSPS) is 20.9. The Morgan fingerprint density at radius 3 is 2.40 bits per heavy atom. The summed E-state index contributed by atoms with van der Waals surface area (Å²) in [5.41, 5.74) is 2.70. The minimum absolute atomic E-state index is 0.311. The molecule has 4 rings (SSSR count). The van der Waals surface area contributed by atoms with Crippen molar-refractivity contribution < 1.29 is 9.47 Å². The van der Waals surface area contributed by atoms with Crippen molar-refractivity contribution in [3.63, 3.8) is 0 Å². The Kier molecular flexibility index (Phi) is 4.90. The van der Waals surface area contributed by atoms with Gasteiger partial charge in [0.25, 0.3) is 0 Å². The van der Waals surface area contributed by atoms with Gasteiger partial charge in [0.05, 0.1) is 7.11 Å². The fraction of sp³-hybridized carbons (Fsp3) is 0.429. The Hall–Kier alpha value is -2.04. The van der Waals surface area contributed by atoms with E-state index in [4.69, 9.17) is 9.47 Å². The van der Waals surface area contributed by atoms with Gasteiger partial charge in [-0.2, -0.15) is 0 Å². The molecule has 2 aromatic carbocycles. The highest BCUT2D eigenvalue weighted by Gasteiger charge is 2.26. The Balaban J connectivity index is 1.23. The molecule has 0 radical (unpaired) electrons. The monoisotopic (exact) mass is 338 g/mol. The highest BCUT2D eigenvalue weighted by Crippen LogP contribution is 2.28. The van der Waals surface area contributed by atoms with Crippen molar-refractivity contribution in [2.24, 2.45) is 0 Å². The molecule has 0 spiro atoms. The molecule has 0 N–H and O–H groups in total. The molecular formula is C21H26N2O2. The second-order valence-electron chi connectivity index (χ2n) is 6.98. The zero-order valence-electron chi connectivity index (χ0n) is 14.9. The molecule has 1 atom stereocenters. The van der Waals surface area contributed by atoms with Crippen LogP contribution in [-0.4, -0.2) is 55.7 Å². The number of hydrogen-bond acceptors (Lipinski definition) is 4. The first-order valence-electron chi connectivity index (χ1n) is 9.12. The van der Waals surface area contributed by atoms with Gasteiger partial charge in [-0.3, -0.25) is 9.80 Å². The molecule has 1 unspecified atom stereocenters. The highest BCUT2D eigenvalue weighted by molar-refractivity contribution is 5.37. The van der Waals surface area contributed by atoms with E-state index in [0.717, 1.165) is 57.2 Å². The molecule has 25 heavy (non-hydrogen) atoms. The van der Waals surface area contributed by atoms with E-state index in [1.165, 1.54) is 11.1 Å². The molecule has 2 aromatic rings. The first-order chi connectivity index (χ1) is 12.3. The number of hydrogen-bond donors (Lipinski definition) is 0. The first kappa shape index (κ1) is 16.4. The minimum Gasteiger partial charge on any atom is -0.497 e. The Labute approximate surface area is 150 Å². The average molecular weight is 338 g/mol. The zero-order valence-corrected chi connectivity index (χ0v) is 14.9. The van der Waals surface area contributed by atoms with Crippen LogP contribution in [-0.2, 0) is 13.0 Å². The summed E-state index contributed by atoms with van der Waals surface area (Å²) < 4.78 is 11.3. The number of piperazine rings is 1. The lowest BCUT2D eigenvalue weighted by atomic mass is 10.1. The summed E-state index contributed by atoms with van der Waals surface area (Å²) in [5, 5.41) is 0. The first-order valence-corrected chi connectivity index (χ1v) is 9.12. The molecule has 132 valence electrons. The van der Waals surface area contributed by atoms with E-state index < -0.39 is 0 Å². The third-order valence-electron chi connectivity index (χ3n) is 5.21. The lowest BCUT2D eigenvalue weighted by Crippen LogP contribution is -2.48. The topological polar surface area (TPSA) is 24.9 Å². The van der Waals surface area contributed by atoms with Crippen molar-refractivity contribution in [1.29, 1.82) is 0 Å². The van der Waals surface area contributed by atoms with Crippen molar-refractivity contribution in [1.82, 2.24) is 9.80 Å². The lowest BCUT2D eigenvalue weighted by molar-refractivity contribution is 0.0890. The highest BCUT2D eigenvalue weighted by atomic mass is 16.5. The van der Waals surface area contributed by atoms with Crippen molar-refractivity contribution in [3.05, 3.63) is 59.7 Å². The van der Waals surface area contributed by atoms with Gasteiger partial charge < -0.3 is 9.47 Å². The van der Waals surface area contributed by atoms with Crippen molar-refractivity contribution >= 4 is 0 Å². The number of nitrogens with zero attached hydrogens (tertiary/aromatic N) is 2. The van der Waals surface area contributed by atoms with Crippen molar-refractivity contribution in [2.75, 3.05) is 39.8 Å². The molecule has 2 aliphatic heterocycles. The number of para-hydroxylation sites is 1. The van der Waals surface area contributed by atoms with E-state index in [0.29, 0.717) is 6.10 Å².